The SMILES string of the molecule is CC1Cc2ccccc2N(Cc2ccc(O)c(N)c2)C1. The van der Waals surface area contributed by atoms with Crippen LogP contribution >= 0.6 is 0 Å². The van der Waals surface area contributed by atoms with E-state index in [2.05, 4.69) is 36.1 Å². The van der Waals surface area contributed by atoms with Crippen LogP contribution in [-0.4, -0.2) is 11.7 Å². The fourth-order valence-electron chi connectivity index (χ4n) is 2.98. The monoisotopic (exact) mass is 268 g/mol. The van der Waals surface area contributed by atoms with Gasteiger partial charge in [0.1, 0.15) is 5.75 Å². The molecule has 3 rings (SSSR count). The summed E-state index contributed by atoms with van der Waals surface area (Å²) < 4.78 is 0. The van der Waals surface area contributed by atoms with E-state index in [1.54, 1.807) is 6.07 Å². The molecule has 104 valence electrons. The Morgan fingerprint density at radius 1 is 1.25 bits per heavy atom. The van der Waals surface area contributed by atoms with Gasteiger partial charge >= 0.3 is 0 Å². The number of nitrogens with two attached hydrogens (primary N) is 1. The molecule has 0 aromatic heterocycles. The highest BCUT2D eigenvalue weighted by atomic mass is 16.3. The van der Waals surface area contributed by atoms with Crippen LogP contribution in [0.1, 0.15) is 18.1 Å². The molecule has 3 nitrogen and oxygen atoms in total. The summed E-state index contributed by atoms with van der Waals surface area (Å²) in [5.74, 6) is 0.806. The minimum atomic E-state index is 0.154. The molecule has 2 aromatic rings. The molecule has 2 aromatic carbocycles. The van der Waals surface area contributed by atoms with Crippen LogP contribution in [0.3, 0.4) is 0 Å². The molecule has 3 heteroatoms. The van der Waals surface area contributed by atoms with Gasteiger partial charge in [-0.1, -0.05) is 31.2 Å². The van der Waals surface area contributed by atoms with Crippen molar-refractivity contribution in [3.8, 4) is 5.75 Å². The number of phenols is 1. The number of nitrogens with zero attached hydrogens (tertiary/aromatic N) is 1. The smallest absolute Gasteiger partial charge is 0.138 e. The molecule has 1 unspecified atom stereocenters. The van der Waals surface area contributed by atoms with Gasteiger partial charge < -0.3 is 15.7 Å². The maximum atomic E-state index is 9.51. The second-order valence-corrected chi connectivity index (χ2v) is 5.71. The molecular weight excluding hydrogens is 248 g/mol. The van der Waals surface area contributed by atoms with Crippen LogP contribution in [0.4, 0.5) is 11.4 Å². The van der Waals surface area contributed by atoms with Crippen LogP contribution < -0.4 is 10.6 Å². The summed E-state index contributed by atoms with van der Waals surface area (Å²) in [5, 5.41) is 9.51. The number of hydrogen-bond acceptors (Lipinski definition) is 3. The molecular formula is C17H20N2O. The number of hydrogen-bond donors (Lipinski definition) is 2. The van der Waals surface area contributed by atoms with Gasteiger partial charge in [0.2, 0.25) is 0 Å². The van der Waals surface area contributed by atoms with Crippen molar-refractivity contribution in [2.45, 2.75) is 19.9 Å². The van der Waals surface area contributed by atoms with Crippen LogP contribution in [0, 0.1) is 5.92 Å². The quantitative estimate of drug-likeness (QED) is 0.649. The molecule has 0 bridgehead atoms. The summed E-state index contributed by atoms with van der Waals surface area (Å²) in [6.07, 6.45) is 1.14. The summed E-state index contributed by atoms with van der Waals surface area (Å²) in [6, 6.07) is 14.1. The number of nitrogen functional groups attached to an aromatic ring is 1. The molecule has 0 radical (unpaired) electrons. The molecule has 0 saturated carbocycles. The average Bonchev–Trinajstić information content (AvgIpc) is 2.43. The number of benzene rings is 2. The molecule has 1 atom stereocenters. The zero-order valence-electron chi connectivity index (χ0n) is 11.7. The Morgan fingerprint density at radius 2 is 2.05 bits per heavy atom. The normalized spacial score (nSPS) is 17.9. The van der Waals surface area contributed by atoms with Gasteiger partial charge in [-0.05, 0) is 41.7 Å². The number of aromatic hydroxyl groups is 1. The van der Waals surface area contributed by atoms with E-state index >= 15 is 0 Å². The van der Waals surface area contributed by atoms with Gasteiger partial charge in [0, 0.05) is 18.8 Å². The first-order valence-corrected chi connectivity index (χ1v) is 7.03. The molecule has 0 saturated heterocycles. The Balaban J connectivity index is 1.89. The van der Waals surface area contributed by atoms with Crippen molar-refractivity contribution >= 4 is 11.4 Å². The van der Waals surface area contributed by atoms with E-state index in [0.717, 1.165) is 25.1 Å². The van der Waals surface area contributed by atoms with Gasteiger partial charge in [0.15, 0.2) is 0 Å². The van der Waals surface area contributed by atoms with Crippen molar-refractivity contribution in [1.82, 2.24) is 0 Å². The summed E-state index contributed by atoms with van der Waals surface area (Å²) in [5.41, 5.74) is 10.1. The third-order valence-electron chi connectivity index (χ3n) is 3.90. The van der Waals surface area contributed by atoms with E-state index in [-0.39, 0.29) is 5.75 Å². The van der Waals surface area contributed by atoms with Crippen LogP contribution in [0.25, 0.3) is 0 Å². The maximum Gasteiger partial charge on any atom is 0.138 e. The lowest BCUT2D eigenvalue weighted by atomic mass is 9.93. The van der Waals surface area contributed by atoms with E-state index < -0.39 is 0 Å². The summed E-state index contributed by atoms with van der Waals surface area (Å²) >= 11 is 0. The summed E-state index contributed by atoms with van der Waals surface area (Å²) in [6.45, 7) is 4.16. The Kier molecular flexibility index (Phi) is 3.26. The molecule has 0 aliphatic carbocycles. The van der Waals surface area contributed by atoms with Crippen LogP contribution in [0.5, 0.6) is 5.75 Å². The van der Waals surface area contributed by atoms with Crippen molar-refractivity contribution in [1.29, 1.82) is 0 Å². The minimum absolute atomic E-state index is 0.154. The average molecular weight is 268 g/mol. The van der Waals surface area contributed by atoms with Crippen molar-refractivity contribution in [2.24, 2.45) is 5.92 Å². The second kappa shape index (κ2) is 5.08. The molecule has 1 heterocycles. The molecule has 0 amide bonds. The molecule has 3 N–H and O–H groups in total. The fourth-order valence-corrected chi connectivity index (χ4v) is 2.98. The van der Waals surface area contributed by atoms with Crippen molar-refractivity contribution in [3.63, 3.8) is 0 Å². The zero-order valence-corrected chi connectivity index (χ0v) is 11.7. The van der Waals surface area contributed by atoms with E-state index in [4.69, 9.17) is 5.73 Å². The van der Waals surface area contributed by atoms with Gasteiger partial charge in [-0.2, -0.15) is 0 Å². The highest BCUT2D eigenvalue weighted by molar-refractivity contribution is 5.58. The van der Waals surface area contributed by atoms with Crippen molar-refractivity contribution < 1.29 is 5.11 Å². The standard InChI is InChI=1S/C17H20N2O/c1-12-8-14-4-2-3-5-16(14)19(10-12)11-13-6-7-17(20)15(18)9-13/h2-7,9,12,20H,8,10-11,18H2,1H3. The molecule has 0 fully saturated rings. The minimum Gasteiger partial charge on any atom is -0.506 e. The fraction of sp³-hybridized carbons (Fsp3) is 0.294. The highest BCUT2D eigenvalue weighted by Crippen LogP contribution is 2.31. The Morgan fingerprint density at radius 3 is 2.85 bits per heavy atom. The zero-order chi connectivity index (χ0) is 14.1. The molecule has 20 heavy (non-hydrogen) atoms. The van der Waals surface area contributed by atoms with Crippen LogP contribution in [0.15, 0.2) is 42.5 Å². The highest BCUT2D eigenvalue weighted by Gasteiger charge is 2.21. The maximum absolute atomic E-state index is 9.51. The number of fused-ring (bicyclic) bond motifs is 1. The van der Waals surface area contributed by atoms with Crippen LogP contribution in [-0.2, 0) is 13.0 Å². The largest absolute Gasteiger partial charge is 0.506 e. The second-order valence-electron chi connectivity index (χ2n) is 5.71. The number of para-hydroxylation sites is 1. The van der Waals surface area contributed by atoms with Gasteiger partial charge in [-0.3, -0.25) is 0 Å². The predicted molar refractivity (Wildman–Crippen MR) is 82.9 cm³/mol. The lowest BCUT2D eigenvalue weighted by molar-refractivity contribution is 0.477. The van der Waals surface area contributed by atoms with Gasteiger partial charge in [-0.15, -0.1) is 0 Å². The summed E-state index contributed by atoms with van der Waals surface area (Å²) in [4.78, 5) is 2.40. The molecule has 1 aliphatic heterocycles. The third kappa shape index (κ3) is 2.44. The lowest BCUT2D eigenvalue weighted by Crippen LogP contribution is -2.33. The lowest BCUT2D eigenvalue weighted by Gasteiger charge is -2.35. The number of anilines is 2. The molecule has 1 aliphatic rings. The van der Waals surface area contributed by atoms with E-state index in [1.165, 1.54) is 11.3 Å². The van der Waals surface area contributed by atoms with E-state index in [0.29, 0.717) is 11.6 Å². The first-order valence-electron chi connectivity index (χ1n) is 7.03. The van der Waals surface area contributed by atoms with Crippen molar-refractivity contribution in [3.05, 3.63) is 53.6 Å². The first kappa shape index (κ1) is 12.9. The Labute approximate surface area is 119 Å². The number of phenolic OH excluding ortho intramolecular Hbond substituents is 1. The first-order chi connectivity index (χ1) is 9.63. The van der Waals surface area contributed by atoms with Gasteiger partial charge in [0.25, 0.3) is 0 Å². The Hall–Kier alpha value is -2.16. The van der Waals surface area contributed by atoms with Crippen molar-refractivity contribution in [2.75, 3.05) is 17.2 Å². The van der Waals surface area contributed by atoms with Crippen LogP contribution in [0.2, 0.25) is 0 Å². The number of rotatable bonds is 2. The van der Waals surface area contributed by atoms with E-state index in [1.807, 2.05) is 12.1 Å². The van der Waals surface area contributed by atoms with Gasteiger partial charge in [-0.25, -0.2) is 0 Å². The topological polar surface area (TPSA) is 49.5 Å². The van der Waals surface area contributed by atoms with E-state index in [9.17, 15) is 5.11 Å². The Bertz CT molecular complexity index is 624. The predicted octanol–water partition coefficient (Wildman–Crippen LogP) is 3.17. The third-order valence-corrected chi connectivity index (χ3v) is 3.90. The van der Waals surface area contributed by atoms with Gasteiger partial charge in [0.05, 0.1) is 5.69 Å². The summed E-state index contributed by atoms with van der Waals surface area (Å²) in [7, 11) is 0. The molecule has 0 spiro atoms.